The molecule has 1 aliphatic carbocycles. The first-order valence-electron chi connectivity index (χ1n) is 7.21. The normalized spacial score (nSPS) is 19.9. The van der Waals surface area contributed by atoms with Gasteiger partial charge >= 0.3 is 12.1 Å². The molecule has 1 amide bonds. The van der Waals surface area contributed by atoms with E-state index >= 15 is 0 Å². The highest BCUT2D eigenvalue weighted by atomic mass is 19.4. The Morgan fingerprint density at radius 1 is 1.19 bits per heavy atom. The average molecular weight is 309 g/mol. The van der Waals surface area contributed by atoms with Crippen molar-refractivity contribution in [2.24, 2.45) is 0 Å². The molecule has 0 heterocycles. The molecule has 0 aromatic carbocycles. The van der Waals surface area contributed by atoms with Crippen LogP contribution in [0.3, 0.4) is 0 Å². The minimum Gasteiger partial charge on any atom is -0.377 e. The van der Waals surface area contributed by atoms with Crippen molar-refractivity contribution >= 4 is 5.91 Å². The van der Waals surface area contributed by atoms with Crippen molar-refractivity contribution in [1.82, 2.24) is 5.32 Å². The van der Waals surface area contributed by atoms with E-state index in [9.17, 15) is 18.0 Å². The second kappa shape index (κ2) is 9.78. The largest absolute Gasteiger partial charge is 0.471 e. The van der Waals surface area contributed by atoms with Gasteiger partial charge in [-0.25, -0.2) is 0 Å². The van der Waals surface area contributed by atoms with Gasteiger partial charge in [0.25, 0.3) is 0 Å². The fourth-order valence-corrected chi connectivity index (χ4v) is 1.97. The zero-order valence-corrected chi connectivity index (χ0v) is 12.0. The van der Waals surface area contributed by atoms with Gasteiger partial charge < -0.3 is 14.8 Å². The first kappa shape index (κ1) is 18.0. The van der Waals surface area contributed by atoms with Gasteiger partial charge in [0.05, 0.1) is 25.9 Å². The standard InChI is InChI=1S/C14H22F3NO3/c15-14(16,17)13(19)18-8-9-20-10-11-21-12-6-4-2-1-3-5-7-12/h4,6,12H,1-3,5,7-11H2,(H,18,19). The summed E-state index contributed by atoms with van der Waals surface area (Å²) in [5.74, 6) is -1.94. The number of carbonyl (C=O) groups excluding carboxylic acids is 1. The van der Waals surface area contributed by atoms with E-state index in [0.29, 0.717) is 13.2 Å². The Hall–Kier alpha value is -1.08. The molecule has 0 aromatic rings. The molecule has 0 radical (unpaired) electrons. The molecule has 1 unspecified atom stereocenters. The maximum Gasteiger partial charge on any atom is 0.471 e. The van der Waals surface area contributed by atoms with Crippen LogP contribution in [0.1, 0.15) is 32.1 Å². The van der Waals surface area contributed by atoms with Crippen molar-refractivity contribution < 1.29 is 27.4 Å². The van der Waals surface area contributed by atoms with Crippen LogP contribution in [0.5, 0.6) is 0 Å². The molecule has 1 aliphatic rings. The quantitative estimate of drug-likeness (QED) is 0.581. The third-order valence-corrected chi connectivity index (χ3v) is 3.06. The second-order valence-electron chi connectivity index (χ2n) is 4.84. The number of alkyl halides is 3. The smallest absolute Gasteiger partial charge is 0.377 e. The Kier molecular flexibility index (Phi) is 8.37. The van der Waals surface area contributed by atoms with Crippen LogP contribution in [0.4, 0.5) is 13.2 Å². The molecule has 0 bridgehead atoms. The van der Waals surface area contributed by atoms with E-state index in [1.54, 1.807) is 5.32 Å². The summed E-state index contributed by atoms with van der Waals surface area (Å²) in [6.07, 6.45) is 5.06. The predicted molar refractivity (Wildman–Crippen MR) is 71.8 cm³/mol. The number of hydrogen-bond acceptors (Lipinski definition) is 3. The van der Waals surface area contributed by atoms with Gasteiger partial charge in [-0.3, -0.25) is 4.79 Å². The zero-order chi connectivity index (χ0) is 15.6. The summed E-state index contributed by atoms with van der Waals surface area (Å²) in [6, 6.07) is 0. The lowest BCUT2D eigenvalue weighted by molar-refractivity contribution is -0.173. The van der Waals surface area contributed by atoms with Crippen LogP contribution >= 0.6 is 0 Å². The van der Waals surface area contributed by atoms with Crippen molar-refractivity contribution in [3.8, 4) is 0 Å². The van der Waals surface area contributed by atoms with Crippen molar-refractivity contribution in [3.63, 3.8) is 0 Å². The molecule has 122 valence electrons. The fraction of sp³-hybridized carbons (Fsp3) is 0.786. The number of amides is 1. The highest BCUT2D eigenvalue weighted by Crippen LogP contribution is 2.14. The fourth-order valence-electron chi connectivity index (χ4n) is 1.97. The molecule has 0 saturated carbocycles. The molecule has 4 nitrogen and oxygen atoms in total. The Labute approximate surface area is 122 Å². The number of rotatable bonds is 7. The molecular weight excluding hydrogens is 287 g/mol. The number of ether oxygens (including phenoxy) is 2. The van der Waals surface area contributed by atoms with Crippen LogP contribution < -0.4 is 5.32 Å². The summed E-state index contributed by atoms with van der Waals surface area (Å²) in [4.78, 5) is 10.5. The maximum absolute atomic E-state index is 11.9. The minimum atomic E-state index is -4.84. The van der Waals surface area contributed by atoms with Crippen molar-refractivity contribution in [3.05, 3.63) is 12.2 Å². The van der Waals surface area contributed by atoms with Crippen LogP contribution in [0.15, 0.2) is 12.2 Å². The van der Waals surface area contributed by atoms with E-state index < -0.39 is 12.1 Å². The minimum absolute atomic E-state index is 0.0334. The Morgan fingerprint density at radius 2 is 2.00 bits per heavy atom. The van der Waals surface area contributed by atoms with Gasteiger partial charge in [0.2, 0.25) is 0 Å². The SMILES string of the molecule is O=C(NCCOCCOC1C=CCCCCC1)C(F)(F)F. The first-order chi connectivity index (χ1) is 10.00. The molecule has 0 saturated heterocycles. The Balaban J connectivity index is 1.99. The van der Waals surface area contributed by atoms with E-state index in [1.165, 1.54) is 12.8 Å². The van der Waals surface area contributed by atoms with E-state index in [1.807, 2.05) is 0 Å². The van der Waals surface area contributed by atoms with Crippen LogP contribution in [0, 0.1) is 0 Å². The topological polar surface area (TPSA) is 47.6 Å². The van der Waals surface area contributed by atoms with Gasteiger partial charge in [0, 0.05) is 6.54 Å². The molecule has 21 heavy (non-hydrogen) atoms. The lowest BCUT2D eigenvalue weighted by Crippen LogP contribution is -2.38. The predicted octanol–water partition coefficient (Wildman–Crippen LogP) is 2.59. The van der Waals surface area contributed by atoms with Gasteiger partial charge in [-0.15, -0.1) is 0 Å². The number of hydrogen-bond donors (Lipinski definition) is 1. The average Bonchev–Trinajstić information content (AvgIpc) is 2.38. The van der Waals surface area contributed by atoms with Gasteiger partial charge in [0.1, 0.15) is 0 Å². The Morgan fingerprint density at radius 3 is 2.76 bits per heavy atom. The third-order valence-electron chi connectivity index (χ3n) is 3.06. The number of carbonyl (C=O) groups is 1. The molecule has 0 spiro atoms. The van der Waals surface area contributed by atoms with Crippen LogP contribution in [0.2, 0.25) is 0 Å². The summed E-state index contributed by atoms with van der Waals surface area (Å²) in [5.41, 5.74) is 0. The first-order valence-corrected chi connectivity index (χ1v) is 7.21. The van der Waals surface area contributed by atoms with E-state index in [0.717, 1.165) is 19.3 Å². The summed E-state index contributed by atoms with van der Waals surface area (Å²) in [7, 11) is 0. The molecule has 1 N–H and O–H groups in total. The van der Waals surface area contributed by atoms with Gasteiger partial charge in [0.15, 0.2) is 0 Å². The molecule has 7 heteroatoms. The number of halogens is 3. The molecule has 1 rings (SSSR count). The summed E-state index contributed by atoms with van der Waals surface area (Å²) in [6.45, 7) is 0.557. The second-order valence-corrected chi connectivity index (χ2v) is 4.84. The van der Waals surface area contributed by atoms with E-state index in [2.05, 4.69) is 12.2 Å². The van der Waals surface area contributed by atoms with Gasteiger partial charge in [-0.1, -0.05) is 25.0 Å². The molecule has 1 atom stereocenters. The van der Waals surface area contributed by atoms with Crippen LogP contribution in [-0.4, -0.2) is 44.6 Å². The molecule has 0 aliphatic heterocycles. The number of allylic oxidation sites excluding steroid dienone is 1. The van der Waals surface area contributed by atoms with Crippen LogP contribution in [0.25, 0.3) is 0 Å². The summed E-state index contributed by atoms with van der Waals surface area (Å²) >= 11 is 0. The van der Waals surface area contributed by atoms with Crippen molar-refractivity contribution in [1.29, 1.82) is 0 Å². The summed E-state index contributed by atoms with van der Waals surface area (Å²) in [5, 5.41) is 1.74. The molecule has 0 aromatic heterocycles. The van der Waals surface area contributed by atoms with E-state index in [4.69, 9.17) is 9.47 Å². The van der Waals surface area contributed by atoms with Gasteiger partial charge in [-0.05, 0) is 19.3 Å². The highest BCUT2D eigenvalue weighted by molar-refractivity contribution is 5.81. The maximum atomic E-state index is 11.9. The van der Waals surface area contributed by atoms with Gasteiger partial charge in [-0.2, -0.15) is 13.2 Å². The highest BCUT2D eigenvalue weighted by Gasteiger charge is 2.38. The van der Waals surface area contributed by atoms with Crippen molar-refractivity contribution in [2.75, 3.05) is 26.4 Å². The lowest BCUT2D eigenvalue weighted by Gasteiger charge is -2.16. The van der Waals surface area contributed by atoms with E-state index in [-0.39, 0.29) is 19.3 Å². The lowest BCUT2D eigenvalue weighted by atomic mass is 10.0. The van der Waals surface area contributed by atoms with Crippen LogP contribution in [-0.2, 0) is 14.3 Å². The number of nitrogens with one attached hydrogen (secondary N) is 1. The summed E-state index contributed by atoms with van der Waals surface area (Å²) < 4.78 is 46.3. The monoisotopic (exact) mass is 309 g/mol. The molecule has 0 fully saturated rings. The molecular formula is C14H22F3NO3. The Bertz CT molecular complexity index is 332. The third kappa shape index (κ3) is 8.72. The van der Waals surface area contributed by atoms with Crippen molar-refractivity contribution in [2.45, 2.75) is 44.4 Å². The zero-order valence-electron chi connectivity index (χ0n) is 12.0.